The van der Waals surface area contributed by atoms with Crippen LogP contribution in [0, 0.1) is 5.82 Å². The van der Waals surface area contributed by atoms with Gasteiger partial charge in [0.2, 0.25) is 11.8 Å². The fourth-order valence-electron chi connectivity index (χ4n) is 3.20. The first-order chi connectivity index (χ1) is 12.6. The minimum absolute atomic E-state index is 0.0745. The smallest absolute Gasteiger partial charge is 0.409 e. The fraction of sp³-hybridized carbons (Fsp3) is 0.412. The lowest BCUT2D eigenvalue weighted by Crippen LogP contribution is -2.47. The summed E-state index contributed by atoms with van der Waals surface area (Å²) in [5.74, 6) is -2.74. The van der Waals surface area contributed by atoms with Crippen LogP contribution in [0.2, 0.25) is 0 Å². The van der Waals surface area contributed by atoms with Crippen LogP contribution in [0.1, 0.15) is 31.0 Å². The van der Waals surface area contributed by atoms with Gasteiger partial charge in [0.1, 0.15) is 11.8 Å². The maximum Gasteiger partial charge on any atom is 0.409 e. The van der Waals surface area contributed by atoms with Gasteiger partial charge in [0.25, 0.3) is 11.4 Å². The Balaban J connectivity index is 2.10. The number of rotatable bonds is 3. The molecule has 2 heterocycles. The maximum atomic E-state index is 13.8. The highest BCUT2D eigenvalue weighted by atomic mass is 19.4. The van der Waals surface area contributed by atoms with Crippen LogP contribution in [0.15, 0.2) is 29.1 Å². The quantitative estimate of drug-likeness (QED) is 0.820. The second-order valence-electron chi connectivity index (χ2n) is 6.21. The van der Waals surface area contributed by atoms with Gasteiger partial charge in [0.05, 0.1) is 13.2 Å². The minimum Gasteiger partial charge on any atom is -0.497 e. The maximum absolute atomic E-state index is 13.8. The largest absolute Gasteiger partial charge is 0.497 e. The van der Waals surface area contributed by atoms with Gasteiger partial charge in [-0.3, -0.25) is 9.36 Å². The highest BCUT2D eigenvalue weighted by Crippen LogP contribution is 2.40. The summed E-state index contributed by atoms with van der Waals surface area (Å²) in [4.78, 5) is 17.1. The third-order valence-corrected chi connectivity index (χ3v) is 4.68. The second-order valence-corrected chi connectivity index (χ2v) is 6.21. The van der Waals surface area contributed by atoms with E-state index in [-0.39, 0.29) is 11.1 Å². The molecule has 27 heavy (non-hydrogen) atoms. The molecule has 1 aromatic heterocycles. The Labute approximate surface area is 151 Å². The number of fused-ring (bicyclic) bond motifs is 1. The van der Waals surface area contributed by atoms with E-state index >= 15 is 0 Å². The molecule has 0 fully saturated rings. The van der Waals surface area contributed by atoms with E-state index in [9.17, 15) is 27.5 Å². The SMILES string of the molecule is COc1ccc([C@H](C)N2CCC(C(F)(F)F)n3c2nc(O)c(F)c3=O)cc1. The molecule has 146 valence electrons. The highest BCUT2D eigenvalue weighted by molar-refractivity contribution is 5.42. The summed E-state index contributed by atoms with van der Waals surface area (Å²) < 4.78 is 59.2. The predicted octanol–water partition coefficient (Wildman–Crippen LogP) is 3.17. The molecule has 0 bridgehead atoms. The zero-order valence-electron chi connectivity index (χ0n) is 14.5. The van der Waals surface area contributed by atoms with Crippen LogP contribution in [0.25, 0.3) is 0 Å². The molecule has 2 aromatic rings. The van der Waals surface area contributed by atoms with Crippen molar-refractivity contribution in [2.45, 2.75) is 31.6 Å². The van der Waals surface area contributed by atoms with Crippen molar-refractivity contribution in [3.8, 4) is 11.6 Å². The van der Waals surface area contributed by atoms with E-state index in [0.717, 1.165) is 5.56 Å². The summed E-state index contributed by atoms with van der Waals surface area (Å²) >= 11 is 0. The molecule has 0 spiro atoms. The van der Waals surface area contributed by atoms with Crippen LogP contribution in [0.3, 0.4) is 0 Å². The van der Waals surface area contributed by atoms with Crippen molar-refractivity contribution in [1.82, 2.24) is 9.55 Å². The lowest BCUT2D eigenvalue weighted by Gasteiger charge is -2.39. The van der Waals surface area contributed by atoms with Crippen LogP contribution >= 0.6 is 0 Å². The van der Waals surface area contributed by atoms with E-state index in [2.05, 4.69) is 4.98 Å². The molecule has 0 amide bonds. The van der Waals surface area contributed by atoms with Gasteiger partial charge in [-0.2, -0.15) is 22.5 Å². The topological polar surface area (TPSA) is 67.6 Å². The summed E-state index contributed by atoms with van der Waals surface area (Å²) in [6.45, 7) is 1.64. The van der Waals surface area contributed by atoms with Crippen LogP contribution in [0.4, 0.5) is 23.5 Å². The molecule has 0 radical (unpaired) electrons. The predicted molar refractivity (Wildman–Crippen MR) is 88.6 cm³/mol. The van der Waals surface area contributed by atoms with E-state index in [0.29, 0.717) is 5.75 Å². The molecule has 1 unspecified atom stereocenters. The summed E-state index contributed by atoms with van der Waals surface area (Å²) in [5, 5.41) is 9.56. The lowest BCUT2D eigenvalue weighted by molar-refractivity contribution is -0.171. The molecule has 2 atom stereocenters. The molecule has 1 aliphatic heterocycles. The van der Waals surface area contributed by atoms with Gasteiger partial charge < -0.3 is 14.7 Å². The van der Waals surface area contributed by atoms with Gasteiger partial charge in [-0.1, -0.05) is 12.1 Å². The summed E-state index contributed by atoms with van der Waals surface area (Å²) in [6, 6.07) is 4.15. The summed E-state index contributed by atoms with van der Waals surface area (Å²) in [6.07, 6.45) is -5.19. The average molecular weight is 387 g/mol. The Morgan fingerprint density at radius 2 is 1.93 bits per heavy atom. The van der Waals surface area contributed by atoms with E-state index in [4.69, 9.17) is 4.74 Å². The monoisotopic (exact) mass is 387 g/mol. The van der Waals surface area contributed by atoms with Crippen molar-refractivity contribution in [2.75, 3.05) is 18.6 Å². The Morgan fingerprint density at radius 1 is 1.30 bits per heavy atom. The summed E-state index contributed by atoms with van der Waals surface area (Å²) in [5.41, 5.74) is -0.822. The van der Waals surface area contributed by atoms with Crippen LogP contribution < -0.4 is 15.2 Å². The average Bonchev–Trinajstić information content (AvgIpc) is 2.64. The Hall–Kier alpha value is -2.78. The number of ether oxygens (including phenoxy) is 1. The molecular weight excluding hydrogens is 370 g/mol. The van der Waals surface area contributed by atoms with Gasteiger partial charge in [0.15, 0.2) is 0 Å². The van der Waals surface area contributed by atoms with Gasteiger partial charge in [-0.05, 0) is 31.0 Å². The standard InChI is InChI=1S/C17H17F4N3O3/c1-9(10-3-5-11(27-2)6-4-10)23-8-7-12(17(19,20)21)24-15(26)13(18)14(25)22-16(23)24/h3-6,9,12,25H,7-8H2,1-2H3/t9-,12?/m0/s1. The molecule has 1 aliphatic rings. The number of nitrogens with zero attached hydrogens (tertiary/aromatic N) is 3. The first-order valence-electron chi connectivity index (χ1n) is 8.13. The van der Waals surface area contributed by atoms with Crippen LogP contribution in [-0.2, 0) is 0 Å². The van der Waals surface area contributed by atoms with Crippen molar-refractivity contribution >= 4 is 5.95 Å². The second kappa shape index (κ2) is 6.75. The zero-order valence-corrected chi connectivity index (χ0v) is 14.5. The number of alkyl halides is 3. The molecule has 1 aromatic carbocycles. The number of hydrogen-bond donors (Lipinski definition) is 1. The van der Waals surface area contributed by atoms with E-state index in [1.807, 2.05) is 0 Å². The van der Waals surface area contributed by atoms with Gasteiger partial charge >= 0.3 is 6.18 Å². The van der Waals surface area contributed by atoms with Crippen molar-refractivity contribution in [3.63, 3.8) is 0 Å². The number of benzene rings is 1. The number of methoxy groups -OCH3 is 1. The van der Waals surface area contributed by atoms with Gasteiger partial charge in [-0.25, -0.2) is 0 Å². The van der Waals surface area contributed by atoms with Crippen molar-refractivity contribution in [2.24, 2.45) is 0 Å². The van der Waals surface area contributed by atoms with E-state index < -0.39 is 47.9 Å². The number of hydrogen-bond acceptors (Lipinski definition) is 5. The van der Waals surface area contributed by atoms with E-state index in [1.165, 1.54) is 12.0 Å². The Bertz CT molecular complexity index is 896. The zero-order chi connectivity index (χ0) is 19.9. The molecule has 0 saturated carbocycles. The number of anilines is 1. The van der Waals surface area contributed by atoms with Crippen molar-refractivity contribution < 1.29 is 27.4 Å². The fourth-order valence-corrected chi connectivity index (χ4v) is 3.20. The molecule has 6 nitrogen and oxygen atoms in total. The van der Waals surface area contributed by atoms with Crippen LogP contribution in [-0.4, -0.2) is 34.5 Å². The number of aromatic hydroxyl groups is 1. The van der Waals surface area contributed by atoms with Gasteiger partial charge in [0, 0.05) is 6.54 Å². The summed E-state index contributed by atoms with van der Waals surface area (Å²) in [7, 11) is 1.50. The van der Waals surface area contributed by atoms with Gasteiger partial charge in [-0.15, -0.1) is 0 Å². The van der Waals surface area contributed by atoms with Crippen molar-refractivity contribution in [3.05, 3.63) is 46.0 Å². The number of aromatic nitrogens is 2. The molecule has 0 saturated heterocycles. The molecular formula is C17H17F4N3O3. The lowest BCUT2D eigenvalue weighted by atomic mass is 10.0. The third kappa shape index (κ3) is 3.31. The van der Waals surface area contributed by atoms with Crippen LogP contribution in [0.5, 0.6) is 11.6 Å². The molecule has 1 N–H and O–H groups in total. The minimum atomic E-state index is -4.75. The molecule has 10 heteroatoms. The molecule has 3 rings (SSSR count). The first kappa shape index (κ1) is 19.0. The normalized spacial score (nSPS) is 18.1. The number of halogens is 4. The van der Waals surface area contributed by atoms with Crippen molar-refractivity contribution in [1.29, 1.82) is 0 Å². The highest BCUT2D eigenvalue weighted by Gasteiger charge is 2.47. The third-order valence-electron chi connectivity index (χ3n) is 4.68. The molecule has 0 aliphatic carbocycles. The first-order valence-corrected chi connectivity index (χ1v) is 8.13. The Kier molecular flexibility index (Phi) is 4.75. The Morgan fingerprint density at radius 3 is 2.48 bits per heavy atom. The van der Waals surface area contributed by atoms with E-state index in [1.54, 1.807) is 31.2 Å².